The summed E-state index contributed by atoms with van der Waals surface area (Å²) in [6.45, 7) is 5.38. The number of fused-ring (bicyclic) bond motifs is 1. The second-order valence-corrected chi connectivity index (χ2v) is 9.82. The first-order valence-electron chi connectivity index (χ1n) is 14.5. The van der Waals surface area contributed by atoms with Crippen molar-refractivity contribution in [2.24, 2.45) is 0 Å². The molecule has 2 heterocycles. The van der Waals surface area contributed by atoms with Crippen molar-refractivity contribution in [3.8, 4) is 33.9 Å². The van der Waals surface area contributed by atoms with Gasteiger partial charge in [0.05, 0.1) is 34.4 Å². The quantitative estimate of drug-likeness (QED) is 0.228. The maximum Gasteiger partial charge on any atom is 0.255 e. The van der Waals surface area contributed by atoms with Crippen LogP contribution in [0.25, 0.3) is 33.4 Å². The molecule has 216 valence electrons. The summed E-state index contributed by atoms with van der Waals surface area (Å²) in [6, 6.07) is 13.3. The van der Waals surface area contributed by atoms with E-state index >= 15 is 0 Å². The molecule has 0 spiro atoms. The highest BCUT2D eigenvalue weighted by atomic mass is 19.1. The van der Waals surface area contributed by atoms with Gasteiger partial charge in [-0.1, -0.05) is 11.2 Å². The molecule has 2 N–H and O–H groups in total. The molecule has 2 aromatic heterocycles. The highest BCUT2D eigenvalue weighted by Crippen LogP contribution is 2.41. The zero-order valence-corrected chi connectivity index (χ0v) is 23.2. The number of methoxy groups -OCH3 is 1. The van der Waals surface area contributed by atoms with Gasteiger partial charge in [0.25, 0.3) is 11.8 Å². The number of rotatable bonds is 9. The fourth-order valence-corrected chi connectivity index (χ4v) is 4.60. The topological polar surface area (TPSA) is 129 Å². The molecule has 0 aliphatic carbocycles. The van der Waals surface area contributed by atoms with E-state index in [2.05, 4.69) is 20.8 Å². The molecule has 0 fully saturated rings. The third kappa shape index (κ3) is 5.28. The third-order valence-corrected chi connectivity index (χ3v) is 6.64. The lowest BCUT2D eigenvalue weighted by atomic mass is 9.97. The lowest BCUT2D eigenvalue weighted by Gasteiger charge is -2.23. The van der Waals surface area contributed by atoms with Gasteiger partial charge in [-0.15, -0.1) is 0 Å². The number of nitrogens with zero attached hydrogens (tertiary/aromatic N) is 2. The van der Waals surface area contributed by atoms with Gasteiger partial charge in [0, 0.05) is 29.6 Å². The number of carbonyl (C=O) groups is 2. The maximum absolute atomic E-state index is 13.7. The Morgan fingerprint density at radius 1 is 1.05 bits per heavy atom. The van der Waals surface area contributed by atoms with E-state index in [1.165, 1.54) is 43.4 Å². The molecule has 0 aliphatic heterocycles. The smallest absolute Gasteiger partial charge is 0.255 e. The molecule has 3 aromatic carbocycles. The van der Waals surface area contributed by atoms with Crippen LogP contribution in [0.4, 0.5) is 4.39 Å². The molecule has 0 radical (unpaired) electrons. The summed E-state index contributed by atoms with van der Waals surface area (Å²) >= 11 is 0. The van der Waals surface area contributed by atoms with Crippen LogP contribution in [-0.4, -0.2) is 42.6 Å². The van der Waals surface area contributed by atoms with Crippen LogP contribution in [0.5, 0.6) is 11.5 Å². The van der Waals surface area contributed by atoms with Crippen LogP contribution in [0.3, 0.4) is 0 Å². The van der Waals surface area contributed by atoms with Gasteiger partial charge in [-0.25, -0.2) is 4.39 Å². The minimum atomic E-state index is -2.84. The summed E-state index contributed by atoms with van der Waals surface area (Å²) in [6.07, 6.45) is 1.13. The number of ether oxygens (including phenoxy) is 2. The number of amides is 2. The highest BCUT2D eigenvalue weighted by Gasteiger charge is 2.30. The van der Waals surface area contributed by atoms with Gasteiger partial charge in [0.2, 0.25) is 6.39 Å². The van der Waals surface area contributed by atoms with Gasteiger partial charge >= 0.3 is 0 Å². The van der Waals surface area contributed by atoms with Crippen LogP contribution in [0, 0.1) is 5.82 Å². The van der Waals surface area contributed by atoms with Crippen LogP contribution < -0.4 is 20.1 Å². The van der Waals surface area contributed by atoms with Crippen molar-refractivity contribution in [1.82, 2.24) is 20.8 Å². The van der Waals surface area contributed by atoms with Crippen molar-refractivity contribution >= 4 is 22.8 Å². The predicted octanol–water partition coefficient (Wildman–Crippen LogP) is 5.72. The molecule has 0 aliphatic rings. The Balaban J connectivity index is 1.69. The molecule has 0 bridgehead atoms. The zero-order chi connectivity index (χ0) is 32.5. The Morgan fingerprint density at radius 2 is 1.81 bits per heavy atom. The average Bonchev–Trinajstić information content (AvgIpc) is 3.65. The molecule has 5 rings (SSSR count). The monoisotopic (exact) mass is 575 g/mol. The van der Waals surface area contributed by atoms with E-state index in [1.54, 1.807) is 39.0 Å². The lowest BCUT2D eigenvalue weighted by Crippen LogP contribution is -2.42. The Kier molecular flexibility index (Phi) is 6.65. The molecular weight excluding hydrogens is 543 g/mol. The number of aromatic nitrogens is 2. The van der Waals surface area contributed by atoms with Crippen molar-refractivity contribution in [2.45, 2.75) is 26.3 Å². The molecule has 42 heavy (non-hydrogen) atoms. The second-order valence-electron chi connectivity index (χ2n) is 9.82. The van der Waals surface area contributed by atoms with E-state index < -0.39 is 30.2 Å². The normalized spacial score (nSPS) is 12.7. The Hall–Kier alpha value is -5.19. The summed E-state index contributed by atoms with van der Waals surface area (Å²) in [5.74, 6) is -0.930. The van der Waals surface area contributed by atoms with E-state index in [1.807, 2.05) is 0 Å². The van der Waals surface area contributed by atoms with Gasteiger partial charge < -0.3 is 29.0 Å². The molecule has 0 saturated heterocycles. The third-order valence-electron chi connectivity index (χ3n) is 6.64. The summed E-state index contributed by atoms with van der Waals surface area (Å²) in [7, 11) is -1.36. The number of hydrogen-bond donors (Lipinski definition) is 2. The van der Waals surface area contributed by atoms with E-state index in [0.717, 1.165) is 6.39 Å². The minimum Gasteiger partial charge on any atom is -0.496 e. The van der Waals surface area contributed by atoms with Crippen molar-refractivity contribution in [1.29, 1.82) is 0 Å². The van der Waals surface area contributed by atoms with E-state index in [9.17, 15) is 14.0 Å². The first-order valence-corrected chi connectivity index (χ1v) is 13.0. The molecule has 0 atom stereocenters. The number of nitrogens with one attached hydrogen (secondary N) is 2. The zero-order valence-electron chi connectivity index (χ0n) is 26.2. The van der Waals surface area contributed by atoms with Crippen LogP contribution in [-0.2, 0) is 5.54 Å². The lowest BCUT2D eigenvalue weighted by molar-refractivity contribution is 0.0903. The van der Waals surface area contributed by atoms with Gasteiger partial charge in [0.15, 0.2) is 5.82 Å². The van der Waals surface area contributed by atoms with Gasteiger partial charge in [-0.2, -0.15) is 4.98 Å². The van der Waals surface area contributed by atoms with E-state index in [-0.39, 0.29) is 35.1 Å². The van der Waals surface area contributed by atoms with Crippen LogP contribution in [0.15, 0.2) is 69.9 Å². The fourth-order valence-electron chi connectivity index (χ4n) is 4.60. The first kappa shape index (κ1) is 24.6. The van der Waals surface area contributed by atoms with Gasteiger partial charge in [-0.3, -0.25) is 9.59 Å². The average molecular weight is 576 g/mol. The first-order chi connectivity index (χ1) is 21.3. The van der Waals surface area contributed by atoms with Crippen LogP contribution >= 0.6 is 0 Å². The largest absolute Gasteiger partial charge is 0.496 e. The molecule has 0 unspecified atom stereocenters. The summed E-state index contributed by atoms with van der Waals surface area (Å²) in [5, 5.41) is 9.65. The molecule has 5 aromatic rings. The maximum atomic E-state index is 13.7. The molecule has 11 heteroatoms. The molecule has 10 nitrogen and oxygen atoms in total. The van der Waals surface area contributed by atoms with Crippen molar-refractivity contribution in [3.05, 3.63) is 83.8 Å². The molecule has 2 amide bonds. The number of carbonyl (C=O) groups excluding carboxylic acids is 2. The van der Waals surface area contributed by atoms with Crippen LogP contribution in [0.1, 0.15) is 51.4 Å². The number of halogens is 1. The predicted molar refractivity (Wildman–Crippen MR) is 153 cm³/mol. The van der Waals surface area contributed by atoms with Crippen molar-refractivity contribution in [2.75, 3.05) is 20.7 Å². The number of benzene rings is 3. The summed E-state index contributed by atoms with van der Waals surface area (Å²) in [5.41, 5.74) is 0.783. The Morgan fingerprint density at radius 3 is 2.48 bits per heavy atom. The summed E-state index contributed by atoms with van der Waals surface area (Å²) < 4.78 is 58.6. The van der Waals surface area contributed by atoms with Gasteiger partial charge in [-0.05, 0) is 68.8 Å². The number of furan rings is 1. The van der Waals surface area contributed by atoms with Gasteiger partial charge in [0.1, 0.15) is 28.7 Å². The Bertz CT molecular complexity index is 1870. The number of hydrogen-bond acceptors (Lipinski definition) is 8. The standard InChI is InChI=1S/C31H29FN4O6/c1-6-40-24-15-25-21(26(29(38)33-4)27(42-25)17-7-10-19(32)11-8-17)14-20(24)18-9-12-23(39-5)22(13-18)28(37)35-31(2,3)30-34-16-41-36-30/h7-16H,6H2,1-5H3,(H,33,38)(H,35,37)/i5D3. The van der Waals surface area contributed by atoms with Crippen LogP contribution in [0.2, 0.25) is 0 Å². The van der Waals surface area contributed by atoms with Crippen molar-refractivity contribution < 1.29 is 36.5 Å². The highest BCUT2D eigenvalue weighted by molar-refractivity contribution is 6.12. The Labute approximate surface area is 245 Å². The second kappa shape index (κ2) is 11.4. The fraction of sp³-hybridized carbons (Fsp3) is 0.226. The molecular formula is C31H29FN4O6. The SMILES string of the molecule is [2H]C([2H])([2H])Oc1ccc(-c2cc3c(C(=O)NC)c(-c4ccc(F)cc4)oc3cc2OCC)cc1C(=O)NC(C)(C)c1ncon1. The molecule has 0 saturated carbocycles. The van der Waals surface area contributed by atoms with Crippen molar-refractivity contribution in [3.63, 3.8) is 0 Å². The van der Waals surface area contributed by atoms with E-state index in [0.29, 0.717) is 33.4 Å². The van der Waals surface area contributed by atoms with E-state index in [4.69, 9.17) is 22.5 Å². The minimum absolute atomic E-state index is 0.0894. The summed E-state index contributed by atoms with van der Waals surface area (Å²) in [4.78, 5) is 30.8.